The molecule has 0 amide bonds. The van der Waals surface area contributed by atoms with Crippen LogP contribution in [0.4, 0.5) is 0 Å². The van der Waals surface area contributed by atoms with Crippen LogP contribution in [0.1, 0.15) is 60.3 Å². The number of allylic oxidation sites excluding steroid dienone is 2. The van der Waals surface area contributed by atoms with E-state index in [0.717, 1.165) is 0 Å². The van der Waals surface area contributed by atoms with Crippen molar-refractivity contribution >= 4 is 11.6 Å². The standard InChI is InChI=1S/C21H28O5/c1-12-10-14(22)13-11-15-19(4)7-6-16(23)18(2,3)21(19,24)9-8-20(15,5)26-17(13)25-12/h6-7,12,15,24H,8-11H2,1-5H3/t12-,15-,19-,20-,21+/m1/s1. The first kappa shape index (κ1) is 17.8. The molecule has 0 aromatic rings. The van der Waals surface area contributed by atoms with Crippen LogP contribution < -0.4 is 0 Å². The summed E-state index contributed by atoms with van der Waals surface area (Å²) in [6.45, 7) is 9.57. The van der Waals surface area contributed by atoms with Crippen molar-refractivity contribution in [2.24, 2.45) is 16.7 Å². The molecular formula is C21H28O5. The van der Waals surface area contributed by atoms with E-state index in [1.165, 1.54) is 0 Å². The lowest BCUT2D eigenvalue weighted by molar-refractivity contribution is -0.249. The van der Waals surface area contributed by atoms with Gasteiger partial charge in [0.1, 0.15) is 11.7 Å². The van der Waals surface area contributed by atoms with Crippen molar-refractivity contribution < 1.29 is 24.2 Å². The first-order valence-corrected chi connectivity index (χ1v) is 9.53. The van der Waals surface area contributed by atoms with Crippen molar-refractivity contribution in [3.05, 3.63) is 23.7 Å². The van der Waals surface area contributed by atoms with Gasteiger partial charge in [-0.25, -0.2) is 0 Å². The molecule has 0 radical (unpaired) electrons. The number of aliphatic hydroxyl groups is 1. The van der Waals surface area contributed by atoms with E-state index < -0.39 is 22.0 Å². The van der Waals surface area contributed by atoms with Crippen LogP contribution in [0.3, 0.4) is 0 Å². The Morgan fingerprint density at radius 1 is 1.12 bits per heavy atom. The van der Waals surface area contributed by atoms with Gasteiger partial charge in [-0.15, -0.1) is 0 Å². The highest BCUT2D eigenvalue weighted by Gasteiger charge is 2.69. The molecule has 5 atom stereocenters. The van der Waals surface area contributed by atoms with Crippen LogP contribution in [0.15, 0.2) is 23.7 Å². The van der Waals surface area contributed by atoms with Gasteiger partial charge < -0.3 is 14.6 Å². The summed E-state index contributed by atoms with van der Waals surface area (Å²) >= 11 is 0. The van der Waals surface area contributed by atoms with Gasteiger partial charge in [0.25, 0.3) is 5.95 Å². The maximum atomic E-state index is 12.6. The smallest absolute Gasteiger partial charge is 0.286 e. The quantitative estimate of drug-likeness (QED) is 0.719. The molecule has 1 N–H and O–H groups in total. The van der Waals surface area contributed by atoms with Gasteiger partial charge in [-0.3, -0.25) is 9.59 Å². The Balaban J connectivity index is 1.84. The summed E-state index contributed by atoms with van der Waals surface area (Å²) in [6, 6.07) is 0. The van der Waals surface area contributed by atoms with E-state index in [9.17, 15) is 14.7 Å². The fourth-order valence-electron chi connectivity index (χ4n) is 5.74. The number of carbonyl (C=O) groups is 2. The van der Waals surface area contributed by atoms with Crippen LogP contribution in [0.5, 0.6) is 0 Å². The van der Waals surface area contributed by atoms with Gasteiger partial charge in [0.05, 0.1) is 16.6 Å². The number of rotatable bonds is 0. The van der Waals surface area contributed by atoms with Crippen LogP contribution in [-0.4, -0.2) is 34.0 Å². The lowest BCUT2D eigenvalue weighted by Crippen LogP contribution is -2.70. The van der Waals surface area contributed by atoms with E-state index >= 15 is 0 Å². The zero-order valence-electron chi connectivity index (χ0n) is 16.2. The molecule has 4 aliphatic rings. The second kappa shape index (κ2) is 5.00. The summed E-state index contributed by atoms with van der Waals surface area (Å²) in [7, 11) is 0. The highest BCUT2D eigenvalue weighted by Crippen LogP contribution is 2.64. The van der Waals surface area contributed by atoms with Crippen molar-refractivity contribution in [2.45, 2.75) is 77.6 Å². The zero-order chi connectivity index (χ0) is 19.1. The lowest BCUT2D eigenvalue weighted by Gasteiger charge is -2.64. The number of ketones is 2. The molecule has 1 fully saturated rings. The second-order valence-electron chi connectivity index (χ2n) is 9.46. The summed E-state index contributed by atoms with van der Waals surface area (Å²) in [5.41, 5.74) is -2.67. The highest BCUT2D eigenvalue weighted by atomic mass is 16.7. The largest absolute Gasteiger partial charge is 0.462 e. The Bertz CT molecular complexity index is 762. The SMILES string of the molecule is C[C@@H]1CC(=O)C2=C(O1)O[C@]1(C)CC[C@]3(O)C(C)(C)C(=O)C=C[C@]3(C)[C@H]1C2. The molecule has 0 unspecified atom stereocenters. The summed E-state index contributed by atoms with van der Waals surface area (Å²) < 4.78 is 12.1. The first-order chi connectivity index (χ1) is 11.9. The van der Waals surface area contributed by atoms with Crippen LogP contribution in [-0.2, 0) is 19.1 Å². The molecule has 142 valence electrons. The van der Waals surface area contributed by atoms with E-state index in [-0.39, 0.29) is 23.6 Å². The zero-order valence-corrected chi connectivity index (χ0v) is 16.2. The second-order valence-corrected chi connectivity index (χ2v) is 9.46. The Labute approximate surface area is 154 Å². The van der Waals surface area contributed by atoms with Crippen molar-refractivity contribution in [1.29, 1.82) is 0 Å². The van der Waals surface area contributed by atoms with Crippen LogP contribution >= 0.6 is 0 Å². The number of hydrogen-bond acceptors (Lipinski definition) is 5. The van der Waals surface area contributed by atoms with Crippen molar-refractivity contribution in [3.8, 4) is 0 Å². The van der Waals surface area contributed by atoms with E-state index in [1.807, 2.05) is 40.7 Å². The van der Waals surface area contributed by atoms with Crippen molar-refractivity contribution in [3.63, 3.8) is 0 Å². The molecule has 0 aromatic carbocycles. The molecule has 4 rings (SSSR count). The van der Waals surface area contributed by atoms with Gasteiger partial charge in [-0.05, 0) is 53.0 Å². The predicted molar refractivity (Wildman–Crippen MR) is 95.0 cm³/mol. The molecule has 5 heteroatoms. The van der Waals surface area contributed by atoms with Gasteiger partial charge in [-0.1, -0.05) is 13.0 Å². The molecule has 2 aliphatic carbocycles. The lowest BCUT2D eigenvalue weighted by atomic mass is 9.44. The number of carbonyl (C=O) groups excluding carboxylic acids is 2. The average molecular weight is 360 g/mol. The summed E-state index contributed by atoms with van der Waals surface area (Å²) in [5.74, 6) is 0.269. The normalized spacial score (nSPS) is 46.7. The molecule has 2 aliphatic heterocycles. The first-order valence-electron chi connectivity index (χ1n) is 9.53. The Morgan fingerprint density at radius 2 is 1.81 bits per heavy atom. The predicted octanol–water partition coefficient (Wildman–Crippen LogP) is 3.07. The number of fused-ring (bicyclic) bond motifs is 3. The minimum absolute atomic E-state index is 0.0522. The van der Waals surface area contributed by atoms with Gasteiger partial charge in [0.15, 0.2) is 11.6 Å². The third-order valence-electron chi connectivity index (χ3n) is 7.66. The molecule has 2 heterocycles. The molecule has 1 saturated carbocycles. The van der Waals surface area contributed by atoms with E-state index in [4.69, 9.17) is 9.47 Å². The summed E-state index contributed by atoms with van der Waals surface area (Å²) in [5, 5.41) is 11.7. The number of hydrogen-bond donors (Lipinski definition) is 1. The van der Waals surface area contributed by atoms with Crippen LogP contribution in [0.25, 0.3) is 0 Å². The Morgan fingerprint density at radius 3 is 2.50 bits per heavy atom. The maximum Gasteiger partial charge on any atom is 0.286 e. The molecule has 0 aromatic heterocycles. The molecule has 26 heavy (non-hydrogen) atoms. The maximum absolute atomic E-state index is 12.6. The Hall–Kier alpha value is -1.62. The average Bonchev–Trinajstić information content (AvgIpc) is 2.54. The summed E-state index contributed by atoms with van der Waals surface area (Å²) in [6.07, 6.45) is 5.21. The fraction of sp³-hybridized carbons (Fsp3) is 0.714. The monoisotopic (exact) mass is 360 g/mol. The molecule has 5 nitrogen and oxygen atoms in total. The molecule has 0 saturated heterocycles. The van der Waals surface area contributed by atoms with Crippen molar-refractivity contribution in [2.75, 3.05) is 0 Å². The fourth-order valence-corrected chi connectivity index (χ4v) is 5.74. The molecule has 0 bridgehead atoms. The minimum atomic E-state index is -1.18. The van der Waals surface area contributed by atoms with Crippen LogP contribution in [0.2, 0.25) is 0 Å². The van der Waals surface area contributed by atoms with Crippen molar-refractivity contribution in [1.82, 2.24) is 0 Å². The van der Waals surface area contributed by atoms with Crippen LogP contribution in [0, 0.1) is 16.7 Å². The highest BCUT2D eigenvalue weighted by molar-refractivity contribution is 5.98. The summed E-state index contributed by atoms with van der Waals surface area (Å²) in [4.78, 5) is 25.1. The third-order valence-corrected chi connectivity index (χ3v) is 7.66. The third kappa shape index (κ3) is 1.95. The molecular weight excluding hydrogens is 332 g/mol. The molecule has 0 spiro atoms. The minimum Gasteiger partial charge on any atom is -0.462 e. The van der Waals surface area contributed by atoms with E-state index in [1.54, 1.807) is 6.08 Å². The number of Topliss-reactive ketones (excluding diaryl/α,β-unsaturated/α-hetero) is 1. The van der Waals surface area contributed by atoms with Gasteiger partial charge in [0, 0.05) is 17.8 Å². The topological polar surface area (TPSA) is 72.8 Å². The van der Waals surface area contributed by atoms with E-state index in [2.05, 4.69) is 0 Å². The Kier molecular flexibility index (Phi) is 3.42. The van der Waals surface area contributed by atoms with Gasteiger partial charge >= 0.3 is 0 Å². The number of ether oxygens (including phenoxy) is 2. The van der Waals surface area contributed by atoms with E-state index in [0.29, 0.717) is 37.2 Å². The van der Waals surface area contributed by atoms with Gasteiger partial charge in [0.2, 0.25) is 0 Å². The van der Waals surface area contributed by atoms with Gasteiger partial charge in [-0.2, -0.15) is 0 Å².